The minimum absolute atomic E-state index is 0.0166. The van der Waals surface area contributed by atoms with E-state index in [-0.39, 0.29) is 18.7 Å². The number of para-hydroxylation sites is 1. The van der Waals surface area contributed by atoms with Crippen molar-refractivity contribution in [3.8, 4) is 5.69 Å². The number of nitrogens with one attached hydrogen (secondary N) is 1. The molecular weight excluding hydrogens is 392 g/mol. The van der Waals surface area contributed by atoms with Crippen LogP contribution in [0.2, 0.25) is 0 Å². The number of benzene rings is 1. The van der Waals surface area contributed by atoms with E-state index in [1.807, 2.05) is 24.4 Å². The third-order valence-corrected chi connectivity index (χ3v) is 6.25. The van der Waals surface area contributed by atoms with Crippen LogP contribution in [0.5, 0.6) is 0 Å². The average Bonchev–Trinajstić information content (AvgIpc) is 3.23. The van der Waals surface area contributed by atoms with Crippen LogP contribution in [0.15, 0.2) is 54.7 Å². The summed E-state index contributed by atoms with van der Waals surface area (Å²) in [7, 11) is 0. The summed E-state index contributed by atoms with van der Waals surface area (Å²) in [6.07, 6.45) is 2.49. The largest absolute Gasteiger partial charge is 0.396 e. The minimum Gasteiger partial charge on any atom is -0.396 e. The molecule has 0 unspecified atom stereocenters. The highest BCUT2D eigenvalue weighted by Crippen LogP contribution is 2.41. The van der Waals surface area contributed by atoms with Crippen molar-refractivity contribution in [2.24, 2.45) is 0 Å². The quantitative estimate of drug-likeness (QED) is 0.587. The predicted molar refractivity (Wildman–Crippen MR) is 124 cm³/mol. The summed E-state index contributed by atoms with van der Waals surface area (Å²) in [4.78, 5) is 6.82. The van der Waals surface area contributed by atoms with Crippen molar-refractivity contribution >= 4 is 17.3 Å². The monoisotopic (exact) mass is 420 g/mol. The number of aliphatic hydroxyl groups excluding tert-OH is 1. The lowest BCUT2D eigenvalue weighted by atomic mass is 9.96. The Hall–Kier alpha value is -2.70. The Morgan fingerprint density at radius 1 is 1.10 bits per heavy atom. The number of aliphatic hydroxyl groups is 1. The Balaban J connectivity index is 1.83. The lowest BCUT2D eigenvalue weighted by Gasteiger charge is -2.28. The molecule has 1 saturated heterocycles. The van der Waals surface area contributed by atoms with E-state index in [9.17, 15) is 5.11 Å². The van der Waals surface area contributed by atoms with Gasteiger partial charge in [-0.05, 0) is 74.8 Å². The van der Waals surface area contributed by atoms with Crippen LogP contribution >= 0.6 is 12.2 Å². The van der Waals surface area contributed by atoms with Crippen LogP contribution in [-0.2, 0) is 0 Å². The van der Waals surface area contributed by atoms with E-state index in [1.165, 1.54) is 28.2 Å². The highest BCUT2D eigenvalue weighted by Gasteiger charge is 2.41. The Labute approximate surface area is 183 Å². The summed E-state index contributed by atoms with van der Waals surface area (Å²) in [5, 5.41) is 13.6. The fraction of sp³-hybridized carbons (Fsp3) is 0.333. The number of rotatable bonds is 6. The van der Waals surface area contributed by atoms with Crippen LogP contribution in [-0.4, -0.2) is 37.8 Å². The normalized spacial score (nSPS) is 18.7. The van der Waals surface area contributed by atoms with Gasteiger partial charge in [0.2, 0.25) is 0 Å². The molecule has 30 heavy (non-hydrogen) atoms. The van der Waals surface area contributed by atoms with Gasteiger partial charge in [-0.1, -0.05) is 24.3 Å². The molecule has 2 atom stereocenters. The van der Waals surface area contributed by atoms with E-state index >= 15 is 0 Å². The molecule has 4 rings (SSSR count). The Morgan fingerprint density at radius 2 is 1.87 bits per heavy atom. The highest BCUT2D eigenvalue weighted by atomic mass is 32.1. The SMILES string of the molecule is Cc1ccccc1-n1c(C)cc([C@H]2[C@H](c3ccccn3)NC(=S)N2CCCO)c1C. The third-order valence-electron chi connectivity index (χ3n) is 5.90. The summed E-state index contributed by atoms with van der Waals surface area (Å²) in [5.74, 6) is 0. The molecule has 0 saturated carbocycles. The zero-order valence-electron chi connectivity index (χ0n) is 17.7. The van der Waals surface area contributed by atoms with E-state index in [0.717, 1.165) is 5.69 Å². The predicted octanol–water partition coefficient (Wildman–Crippen LogP) is 4.15. The van der Waals surface area contributed by atoms with Gasteiger partial charge in [-0.2, -0.15) is 0 Å². The third kappa shape index (κ3) is 3.61. The van der Waals surface area contributed by atoms with Crippen LogP contribution < -0.4 is 5.32 Å². The second kappa shape index (κ2) is 8.58. The first-order valence-corrected chi connectivity index (χ1v) is 10.8. The fourth-order valence-electron chi connectivity index (χ4n) is 4.50. The van der Waals surface area contributed by atoms with E-state index < -0.39 is 0 Å². The molecule has 6 heteroatoms. The number of hydrogen-bond donors (Lipinski definition) is 2. The van der Waals surface area contributed by atoms with Crippen molar-refractivity contribution in [3.05, 3.63) is 82.9 Å². The maximum absolute atomic E-state index is 9.43. The van der Waals surface area contributed by atoms with Crippen molar-refractivity contribution in [2.75, 3.05) is 13.2 Å². The molecule has 5 nitrogen and oxygen atoms in total. The van der Waals surface area contributed by atoms with Gasteiger partial charge >= 0.3 is 0 Å². The van der Waals surface area contributed by atoms with Crippen LogP contribution in [0, 0.1) is 20.8 Å². The molecule has 1 aliphatic rings. The Morgan fingerprint density at radius 3 is 2.57 bits per heavy atom. The van der Waals surface area contributed by atoms with Crippen molar-refractivity contribution in [2.45, 2.75) is 39.3 Å². The van der Waals surface area contributed by atoms with Gasteiger partial charge in [0.15, 0.2) is 5.11 Å². The van der Waals surface area contributed by atoms with Crippen molar-refractivity contribution in [1.29, 1.82) is 0 Å². The van der Waals surface area contributed by atoms with Crippen molar-refractivity contribution in [3.63, 3.8) is 0 Å². The molecular formula is C24H28N4OS. The number of aryl methyl sites for hydroxylation is 2. The zero-order valence-corrected chi connectivity index (χ0v) is 18.5. The first-order chi connectivity index (χ1) is 14.5. The average molecular weight is 421 g/mol. The fourth-order valence-corrected chi connectivity index (χ4v) is 4.83. The number of pyridine rings is 1. The van der Waals surface area contributed by atoms with Gasteiger partial charge in [0.25, 0.3) is 0 Å². The number of aromatic nitrogens is 2. The maximum atomic E-state index is 9.43. The zero-order chi connectivity index (χ0) is 21.3. The number of nitrogens with zero attached hydrogens (tertiary/aromatic N) is 3. The Bertz CT molecular complexity index is 1050. The number of thiocarbonyl (C=S) groups is 1. The van der Waals surface area contributed by atoms with Gasteiger partial charge in [-0.15, -0.1) is 0 Å². The molecule has 1 aromatic carbocycles. The summed E-state index contributed by atoms with van der Waals surface area (Å²) in [5.41, 5.74) is 7.03. The molecule has 2 aromatic heterocycles. The Kier molecular flexibility index (Phi) is 5.88. The lowest BCUT2D eigenvalue weighted by molar-refractivity contribution is 0.247. The maximum Gasteiger partial charge on any atom is 0.170 e. The van der Waals surface area contributed by atoms with Gasteiger partial charge in [0, 0.05) is 36.4 Å². The molecule has 0 bridgehead atoms. The molecule has 2 N–H and O–H groups in total. The molecule has 3 aromatic rings. The van der Waals surface area contributed by atoms with Crippen molar-refractivity contribution in [1.82, 2.24) is 19.8 Å². The molecule has 156 valence electrons. The first-order valence-electron chi connectivity index (χ1n) is 10.4. The second-order valence-electron chi connectivity index (χ2n) is 7.85. The smallest absolute Gasteiger partial charge is 0.170 e. The topological polar surface area (TPSA) is 53.3 Å². The summed E-state index contributed by atoms with van der Waals surface area (Å²) in [6.45, 7) is 7.31. The minimum atomic E-state index is -0.0387. The molecule has 1 aliphatic heterocycles. The van der Waals surface area contributed by atoms with E-state index in [4.69, 9.17) is 12.2 Å². The van der Waals surface area contributed by atoms with Crippen molar-refractivity contribution < 1.29 is 5.11 Å². The number of hydrogen-bond acceptors (Lipinski definition) is 3. The van der Waals surface area contributed by atoms with Crippen LogP contribution in [0.4, 0.5) is 0 Å². The molecule has 0 spiro atoms. The molecule has 1 fully saturated rings. The van der Waals surface area contributed by atoms with E-state index in [1.54, 1.807) is 0 Å². The standard InChI is InChI=1S/C24H28N4OS/c1-16-9-4-5-11-21(16)28-17(2)15-19(18(28)3)23-22(20-10-6-7-12-25-20)26-24(30)27(23)13-8-14-29/h4-7,9-12,15,22-23,29H,8,13-14H2,1-3H3,(H,26,30)/t22-,23-/m0/s1. The van der Waals surface area contributed by atoms with Gasteiger partial charge in [0.05, 0.1) is 17.8 Å². The van der Waals surface area contributed by atoms with E-state index in [2.05, 4.69) is 70.9 Å². The summed E-state index contributed by atoms with van der Waals surface area (Å²) in [6, 6.07) is 16.7. The van der Waals surface area contributed by atoms with Crippen LogP contribution in [0.1, 0.15) is 46.7 Å². The summed E-state index contributed by atoms with van der Waals surface area (Å²) >= 11 is 5.70. The molecule has 0 aliphatic carbocycles. The van der Waals surface area contributed by atoms with Crippen LogP contribution in [0.25, 0.3) is 5.69 Å². The lowest BCUT2D eigenvalue weighted by Crippen LogP contribution is -2.31. The van der Waals surface area contributed by atoms with Gasteiger partial charge in [-0.25, -0.2) is 0 Å². The van der Waals surface area contributed by atoms with Crippen LogP contribution in [0.3, 0.4) is 0 Å². The van der Waals surface area contributed by atoms with E-state index in [0.29, 0.717) is 18.1 Å². The first kappa shape index (κ1) is 20.6. The second-order valence-corrected chi connectivity index (χ2v) is 8.23. The van der Waals surface area contributed by atoms with Gasteiger partial charge in [0.1, 0.15) is 0 Å². The molecule has 0 radical (unpaired) electrons. The molecule has 3 heterocycles. The van der Waals surface area contributed by atoms with Gasteiger partial charge < -0.3 is 19.9 Å². The molecule has 0 amide bonds. The van der Waals surface area contributed by atoms with Gasteiger partial charge in [-0.3, -0.25) is 4.98 Å². The summed E-state index contributed by atoms with van der Waals surface area (Å²) < 4.78 is 2.33. The highest BCUT2D eigenvalue weighted by molar-refractivity contribution is 7.80.